The molecule has 0 saturated heterocycles. The van der Waals surface area contributed by atoms with Gasteiger partial charge in [-0.05, 0) is 41.8 Å². The predicted octanol–water partition coefficient (Wildman–Crippen LogP) is 2.92. The van der Waals surface area contributed by atoms with Crippen LogP contribution in [0.25, 0.3) is 10.8 Å². The molecule has 19 heavy (non-hydrogen) atoms. The molecule has 0 aliphatic rings. The Hall–Kier alpha value is -2.03. The Morgan fingerprint density at radius 1 is 1.32 bits per heavy atom. The maximum atomic E-state index is 11.1. The van der Waals surface area contributed by atoms with Crippen LogP contribution in [-0.2, 0) is 11.2 Å². The lowest BCUT2D eigenvalue weighted by Crippen LogP contribution is -2.32. The number of nitrogens with one attached hydrogen (secondary N) is 1. The molecule has 0 fully saturated rings. The van der Waals surface area contributed by atoms with E-state index >= 15 is 0 Å². The second kappa shape index (κ2) is 5.74. The number of carbonyl (C=O) groups excluding carboxylic acids is 1. The second-order valence-corrected chi connectivity index (χ2v) is 4.81. The third kappa shape index (κ3) is 3.25. The van der Waals surface area contributed by atoms with Crippen LogP contribution in [0, 0.1) is 0 Å². The van der Waals surface area contributed by atoms with Crippen molar-refractivity contribution >= 4 is 16.7 Å². The van der Waals surface area contributed by atoms with Gasteiger partial charge >= 0.3 is 0 Å². The normalized spacial score (nSPS) is 12.2. The Kier molecular flexibility index (Phi) is 4.05. The van der Waals surface area contributed by atoms with Crippen LogP contribution in [0.5, 0.6) is 5.75 Å². The predicted molar refractivity (Wildman–Crippen MR) is 77.5 cm³/mol. The van der Waals surface area contributed by atoms with E-state index in [1.165, 1.54) is 16.3 Å². The highest BCUT2D eigenvalue weighted by molar-refractivity contribution is 5.87. The smallest absolute Gasteiger partial charge is 0.217 e. The van der Waals surface area contributed by atoms with Crippen molar-refractivity contribution in [3.8, 4) is 5.75 Å². The Labute approximate surface area is 113 Å². The first kappa shape index (κ1) is 13.4. The Bertz CT molecular complexity index is 592. The first-order valence-electron chi connectivity index (χ1n) is 6.43. The van der Waals surface area contributed by atoms with Gasteiger partial charge in [0, 0.05) is 13.0 Å². The van der Waals surface area contributed by atoms with Gasteiger partial charge in [0.15, 0.2) is 0 Å². The van der Waals surface area contributed by atoms with Gasteiger partial charge in [-0.2, -0.15) is 0 Å². The van der Waals surface area contributed by atoms with E-state index < -0.39 is 0 Å². The summed E-state index contributed by atoms with van der Waals surface area (Å²) in [7, 11) is 1.67. The molecule has 0 aliphatic heterocycles. The number of fused-ring (bicyclic) bond motifs is 1. The highest BCUT2D eigenvalue weighted by atomic mass is 16.5. The molecule has 1 unspecified atom stereocenters. The van der Waals surface area contributed by atoms with E-state index in [0.717, 1.165) is 12.2 Å². The third-order valence-electron chi connectivity index (χ3n) is 3.16. The average Bonchev–Trinajstić information content (AvgIpc) is 2.37. The van der Waals surface area contributed by atoms with E-state index in [2.05, 4.69) is 23.5 Å². The van der Waals surface area contributed by atoms with Crippen molar-refractivity contribution in [1.29, 1.82) is 0 Å². The van der Waals surface area contributed by atoms with Crippen molar-refractivity contribution in [3.63, 3.8) is 0 Å². The summed E-state index contributed by atoms with van der Waals surface area (Å²) >= 11 is 0. The van der Waals surface area contributed by atoms with Crippen molar-refractivity contribution in [1.82, 2.24) is 5.32 Å². The molecule has 3 nitrogen and oxygen atoms in total. The van der Waals surface area contributed by atoms with Crippen molar-refractivity contribution in [2.75, 3.05) is 7.11 Å². The average molecular weight is 257 g/mol. The van der Waals surface area contributed by atoms with Crippen LogP contribution >= 0.6 is 0 Å². The van der Waals surface area contributed by atoms with Crippen molar-refractivity contribution in [3.05, 3.63) is 42.0 Å². The van der Waals surface area contributed by atoms with Crippen LogP contribution in [-0.4, -0.2) is 19.1 Å². The molecule has 1 N–H and O–H groups in total. The molecule has 0 saturated carbocycles. The monoisotopic (exact) mass is 257 g/mol. The number of ether oxygens (including phenoxy) is 1. The molecule has 2 aromatic rings. The van der Waals surface area contributed by atoms with Gasteiger partial charge in [-0.25, -0.2) is 0 Å². The van der Waals surface area contributed by atoms with Crippen LogP contribution in [0.15, 0.2) is 36.4 Å². The van der Waals surface area contributed by atoms with E-state index in [-0.39, 0.29) is 11.9 Å². The minimum Gasteiger partial charge on any atom is -0.497 e. The molecule has 0 radical (unpaired) electrons. The number of benzene rings is 2. The van der Waals surface area contributed by atoms with E-state index in [1.807, 2.05) is 25.1 Å². The maximum Gasteiger partial charge on any atom is 0.217 e. The molecule has 3 heteroatoms. The minimum atomic E-state index is 0.00492. The van der Waals surface area contributed by atoms with E-state index in [0.29, 0.717) is 0 Å². The first-order chi connectivity index (χ1) is 9.10. The molecule has 0 aliphatic carbocycles. The highest BCUT2D eigenvalue weighted by Gasteiger charge is 2.08. The lowest BCUT2D eigenvalue weighted by Gasteiger charge is -2.14. The summed E-state index contributed by atoms with van der Waals surface area (Å²) in [5, 5.41) is 5.28. The molecule has 1 amide bonds. The molecule has 100 valence electrons. The van der Waals surface area contributed by atoms with Gasteiger partial charge in [-0.15, -0.1) is 0 Å². The fourth-order valence-electron chi connectivity index (χ4n) is 2.35. The molecule has 0 bridgehead atoms. The van der Waals surface area contributed by atoms with Crippen LogP contribution in [0.3, 0.4) is 0 Å². The Morgan fingerprint density at radius 2 is 2.11 bits per heavy atom. The number of carbonyl (C=O) groups is 1. The van der Waals surface area contributed by atoms with Gasteiger partial charge in [-0.3, -0.25) is 4.79 Å². The fourth-order valence-corrected chi connectivity index (χ4v) is 2.35. The van der Waals surface area contributed by atoms with E-state index in [4.69, 9.17) is 4.74 Å². The summed E-state index contributed by atoms with van der Waals surface area (Å²) in [6, 6.07) is 12.4. The summed E-state index contributed by atoms with van der Waals surface area (Å²) in [4.78, 5) is 11.1. The molecule has 0 heterocycles. The van der Waals surface area contributed by atoms with Gasteiger partial charge in [-0.1, -0.05) is 24.3 Å². The number of rotatable bonds is 4. The third-order valence-corrected chi connectivity index (χ3v) is 3.16. The lowest BCUT2D eigenvalue weighted by molar-refractivity contribution is -0.119. The summed E-state index contributed by atoms with van der Waals surface area (Å²) in [5.41, 5.74) is 1.22. The Morgan fingerprint density at radius 3 is 2.79 bits per heavy atom. The molecular formula is C16H19NO2. The number of amides is 1. The van der Waals surface area contributed by atoms with Gasteiger partial charge in [0.1, 0.15) is 5.75 Å². The zero-order valence-electron chi connectivity index (χ0n) is 11.6. The SMILES string of the molecule is COc1ccc2cccc(CC(C)NC(C)=O)c2c1. The second-order valence-electron chi connectivity index (χ2n) is 4.81. The molecule has 0 aromatic heterocycles. The number of methoxy groups -OCH3 is 1. The van der Waals surface area contributed by atoms with Crippen LogP contribution in [0.4, 0.5) is 0 Å². The Balaban J connectivity index is 2.34. The highest BCUT2D eigenvalue weighted by Crippen LogP contribution is 2.24. The number of hydrogen-bond donors (Lipinski definition) is 1. The lowest BCUT2D eigenvalue weighted by atomic mass is 9.99. The maximum absolute atomic E-state index is 11.1. The quantitative estimate of drug-likeness (QED) is 0.914. The summed E-state index contributed by atoms with van der Waals surface area (Å²) in [6.45, 7) is 3.56. The zero-order chi connectivity index (χ0) is 13.8. The van der Waals surface area contributed by atoms with Crippen molar-refractivity contribution in [2.24, 2.45) is 0 Å². The fraction of sp³-hybridized carbons (Fsp3) is 0.312. The summed E-state index contributed by atoms with van der Waals surface area (Å²) < 4.78 is 5.28. The van der Waals surface area contributed by atoms with E-state index in [1.54, 1.807) is 14.0 Å². The van der Waals surface area contributed by atoms with Gasteiger partial charge in [0.05, 0.1) is 7.11 Å². The minimum absolute atomic E-state index is 0.00492. The largest absolute Gasteiger partial charge is 0.497 e. The standard InChI is InChI=1S/C16H19NO2/c1-11(17-12(2)18)9-14-6-4-5-13-7-8-15(19-3)10-16(13)14/h4-8,10-11H,9H2,1-3H3,(H,17,18). The van der Waals surface area contributed by atoms with Gasteiger partial charge < -0.3 is 10.1 Å². The molecule has 2 rings (SSSR count). The molecule has 1 atom stereocenters. The van der Waals surface area contributed by atoms with E-state index in [9.17, 15) is 4.79 Å². The van der Waals surface area contributed by atoms with Crippen LogP contribution in [0.2, 0.25) is 0 Å². The molecular weight excluding hydrogens is 238 g/mol. The van der Waals surface area contributed by atoms with Crippen LogP contribution < -0.4 is 10.1 Å². The number of hydrogen-bond acceptors (Lipinski definition) is 2. The molecule has 2 aromatic carbocycles. The van der Waals surface area contributed by atoms with Crippen molar-refractivity contribution < 1.29 is 9.53 Å². The molecule has 0 spiro atoms. The van der Waals surface area contributed by atoms with Gasteiger partial charge in [0.25, 0.3) is 0 Å². The summed E-state index contributed by atoms with van der Waals surface area (Å²) in [6.07, 6.45) is 0.810. The first-order valence-corrected chi connectivity index (χ1v) is 6.43. The topological polar surface area (TPSA) is 38.3 Å². The summed E-state index contributed by atoms with van der Waals surface area (Å²) in [5.74, 6) is 0.859. The van der Waals surface area contributed by atoms with Crippen molar-refractivity contribution in [2.45, 2.75) is 26.3 Å². The van der Waals surface area contributed by atoms with Gasteiger partial charge in [0.2, 0.25) is 5.91 Å². The zero-order valence-corrected chi connectivity index (χ0v) is 11.6. The van der Waals surface area contributed by atoms with Crippen LogP contribution in [0.1, 0.15) is 19.4 Å².